The van der Waals surface area contributed by atoms with Gasteiger partial charge in [-0.1, -0.05) is 12.8 Å². The van der Waals surface area contributed by atoms with E-state index in [1.54, 1.807) is 0 Å². The molecule has 3 nitrogen and oxygen atoms in total. The van der Waals surface area contributed by atoms with Gasteiger partial charge in [0.1, 0.15) is 0 Å². The highest BCUT2D eigenvalue weighted by Crippen LogP contribution is 2.00. The zero-order valence-corrected chi connectivity index (χ0v) is 8.50. The van der Waals surface area contributed by atoms with Gasteiger partial charge in [-0.25, -0.2) is 0 Å². The molecule has 0 radical (unpaired) electrons. The Morgan fingerprint density at radius 3 is 2.46 bits per heavy atom. The summed E-state index contributed by atoms with van der Waals surface area (Å²) >= 11 is 0. The maximum Gasteiger partial charge on any atom is 0.0635 e. The van der Waals surface area contributed by atoms with Gasteiger partial charge in [-0.3, -0.25) is 0 Å². The van der Waals surface area contributed by atoms with Crippen molar-refractivity contribution in [2.24, 2.45) is 0 Å². The summed E-state index contributed by atoms with van der Waals surface area (Å²) in [6, 6.07) is 2.13. The molecule has 0 bridgehead atoms. The SMILES string of the molecule is CN(CCC#N)CCCCCCO. The molecule has 76 valence electrons. The van der Waals surface area contributed by atoms with Crippen molar-refractivity contribution in [3.05, 3.63) is 0 Å². The minimum absolute atomic E-state index is 0.310. The Morgan fingerprint density at radius 2 is 1.85 bits per heavy atom. The van der Waals surface area contributed by atoms with E-state index in [0.29, 0.717) is 13.0 Å². The van der Waals surface area contributed by atoms with Crippen LogP contribution >= 0.6 is 0 Å². The number of nitrogens with zero attached hydrogens (tertiary/aromatic N) is 2. The zero-order valence-electron chi connectivity index (χ0n) is 8.50. The predicted octanol–water partition coefficient (Wildman–Crippen LogP) is 1.38. The summed E-state index contributed by atoms with van der Waals surface area (Å²) in [6.07, 6.45) is 5.00. The second-order valence-corrected chi connectivity index (χ2v) is 3.35. The quantitative estimate of drug-likeness (QED) is 0.580. The maximum atomic E-state index is 8.54. The maximum absolute atomic E-state index is 8.54. The first-order valence-electron chi connectivity index (χ1n) is 4.97. The average Bonchev–Trinajstić information content (AvgIpc) is 2.14. The third-order valence-electron chi connectivity index (χ3n) is 2.05. The molecule has 0 heterocycles. The number of hydrogen-bond acceptors (Lipinski definition) is 3. The van der Waals surface area contributed by atoms with E-state index in [0.717, 1.165) is 25.9 Å². The Hall–Kier alpha value is -0.590. The van der Waals surface area contributed by atoms with Crippen molar-refractivity contribution in [3.63, 3.8) is 0 Å². The zero-order chi connectivity index (χ0) is 9.94. The first-order valence-corrected chi connectivity index (χ1v) is 4.97. The van der Waals surface area contributed by atoms with E-state index < -0.39 is 0 Å². The monoisotopic (exact) mass is 184 g/mol. The second-order valence-electron chi connectivity index (χ2n) is 3.35. The second kappa shape index (κ2) is 9.50. The lowest BCUT2D eigenvalue weighted by atomic mass is 10.2. The molecule has 0 unspecified atom stereocenters. The van der Waals surface area contributed by atoms with Gasteiger partial charge in [0.05, 0.1) is 6.07 Å². The van der Waals surface area contributed by atoms with Crippen LogP contribution in [0.15, 0.2) is 0 Å². The predicted molar refractivity (Wildman–Crippen MR) is 53.3 cm³/mol. The fourth-order valence-electron chi connectivity index (χ4n) is 1.20. The summed E-state index contributed by atoms with van der Waals surface area (Å²) in [7, 11) is 2.05. The van der Waals surface area contributed by atoms with Crippen molar-refractivity contribution < 1.29 is 5.11 Å². The van der Waals surface area contributed by atoms with Crippen molar-refractivity contribution in [3.8, 4) is 6.07 Å². The summed E-state index contributed by atoms with van der Waals surface area (Å²) in [6.45, 7) is 2.24. The minimum atomic E-state index is 0.310. The number of hydrogen-bond donors (Lipinski definition) is 1. The van der Waals surface area contributed by atoms with Gasteiger partial charge >= 0.3 is 0 Å². The van der Waals surface area contributed by atoms with E-state index in [1.165, 1.54) is 12.8 Å². The van der Waals surface area contributed by atoms with Crippen molar-refractivity contribution in [1.29, 1.82) is 5.26 Å². The summed E-state index contributed by atoms with van der Waals surface area (Å²) in [4.78, 5) is 2.18. The summed E-state index contributed by atoms with van der Waals surface area (Å²) in [5.74, 6) is 0. The molecule has 3 heteroatoms. The van der Waals surface area contributed by atoms with Gasteiger partial charge < -0.3 is 10.0 Å². The Labute approximate surface area is 81.0 Å². The molecule has 0 aliphatic rings. The van der Waals surface area contributed by atoms with E-state index in [1.807, 2.05) is 7.05 Å². The number of nitriles is 1. The van der Waals surface area contributed by atoms with Gasteiger partial charge in [0, 0.05) is 19.6 Å². The van der Waals surface area contributed by atoms with Crippen LogP contribution < -0.4 is 0 Å². The van der Waals surface area contributed by atoms with Crippen LogP contribution in [-0.2, 0) is 0 Å². The molecule has 1 N–H and O–H groups in total. The van der Waals surface area contributed by atoms with Crippen molar-refractivity contribution in [1.82, 2.24) is 4.90 Å². The Kier molecular flexibility index (Phi) is 9.07. The first kappa shape index (κ1) is 12.4. The standard InChI is InChI=1S/C10H20N2O/c1-12(9-6-7-11)8-4-2-3-5-10-13/h13H,2-6,8-10H2,1H3. The lowest BCUT2D eigenvalue weighted by Crippen LogP contribution is -2.20. The van der Waals surface area contributed by atoms with E-state index in [4.69, 9.17) is 10.4 Å². The first-order chi connectivity index (χ1) is 6.31. The number of rotatable bonds is 8. The summed E-state index contributed by atoms with van der Waals surface area (Å²) in [5, 5.41) is 16.9. The van der Waals surface area contributed by atoms with Crippen LogP contribution in [0.5, 0.6) is 0 Å². The van der Waals surface area contributed by atoms with Gasteiger partial charge in [0.25, 0.3) is 0 Å². The molecule has 0 aromatic heterocycles. The van der Waals surface area contributed by atoms with Gasteiger partial charge in [-0.15, -0.1) is 0 Å². The fraction of sp³-hybridized carbons (Fsp3) is 0.900. The third kappa shape index (κ3) is 9.32. The lowest BCUT2D eigenvalue weighted by molar-refractivity contribution is 0.278. The minimum Gasteiger partial charge on any atom is -0.396 e. The highest BCUT2D eigenvalue weighted by Gasteiger charge is 1.96. The normalized spacial score (nSPS) is 10.3. The molecule has 0 fully saturated rings. The largest absolute Gasteiger partial charge is 0.396 e. The van der Waals surface area contributed by atoms with E-state index in [-0.39, 0.29) is 0 Å². The highest BCUT2D eigenvalue weighted by molar-refractivity contribution is 4.70. The molecule has 0 aromatic carbocycles. The highest BCUT2D eigenvalue weighted by atomic mass is 16.2. The van der Waals surface area contributed by atoms with E-state index in [2.05, 4.69) is 11.0 Å². The van der Waals surface area contributed by atoms with Crippen LogP contribution in [0.25, 0.3) is 0 Å². The van der Waals surface area contributed by atoms with Crippen molar-refractivity contribution in [2.45, 2.75) is 32.1 Å². The van der Waals surface area contributed by atoms with Gasteiger partial charge in [-0.2, -0.15) is 5.26 Å². The van der Waals surface area contributed by atoms with Gasteiger partial charge in [-0.05, 0) is 26.4 Å². The molecule has 0 aliphatic carbocycles. The van der Waals surface area contributed by atoms with E-state index in [9.17, 15) is 0 Å². The lowest BCUT2D eigenvalue weighted by Gasteiger charge is -2.13. The fourth-order valence-corrected chi connectivity index (χ4v) is 1.20. The molecule has 0 aromatic rings. The van der Waals surface area contributed by atoms with Gasteiger partial charge in [0.2, 0.25) is 0 Å². The summed E-state index contributed by atoms with van der Waals surface area (Å²) < 4.78 is 0. The van der Waals surface area contributed by atoms with Crippen LogP contribution in [0.3, 0.4) is 0 Å². The molecule has 13 heavy (non-hydrogen) atoms. The van der Waals surface area contributed by atoms with Gasteiger partial charge in [0.15, 0.2) is 0 Å². The smallest absolute Gasteiger partial charge is 0.0635 e. The van der Waals surface area contributed by atoms with Crippen molar-refractivity contribution in [2.75, 3.05) is 26.7 Å². The number of aliphatic hydroxyl groups is 1. The Balaban J connectivity index is 3.08. The number of aliphatic hydroxyl groups excluding tert-OH is 1. The van der Waals surface area contributed by atoms with E-state index >= 15 is 0 Å². The van der Waals surface area contributed by atoms with Crippen LogP contribution in [-0.4, -0.2) is 36.8 Å². The van der Waals surface area contributed by atoms with Crippen molar-refractivity contribution >= 4 is 0 Å². The summed E-state index contributed by atoms with van der Waals surface area (Å²) in [5.41, 5.74) is 0. The molecule has 0 aliphatic heterocycles. The van der Waals surface area contributed by atoms with Crippen LogP contribution in [0.1, 0.15) is 32.1 Å². The molecule has 0 saturated heterocycles. The molecule has 0 spiro atoms. The molecule has 0 amide bonds. The number of unbranched alkanes of at least 4 members (excludes halogenated alkanes) is 3. The third-order valence-corrected chi connectivity index (χ3v) is 2.05. The molecule has 0 rings (SSSR count). The molecule has 0 saturated carbocycles. The van der Waals surface area contributed by atoms with Crippen LogP contribution in [0.4, 0.5) is 0 Å². The Bertz CT molecular complexity index is 142. The average molecular weight is 184 g/mol. The van der Waals surface area contributed by atoms with Crippen LogP contribution in [0, 0.1) is 11.3 Å². The van der Waals surface area contributed by atoms with Crippen LogP contribution in [0.2, 0.25) is 0 Å². The molecule has 0 atom stereocenters. The Morgan fingerprint density at radius 1 is 1.15 bits per heavy atom. The molecular weight excluding hydrogens is 164 g/mol. The topological polar surface area (TPSA) is 47.3 Å². The molecular formula is C10H20N2O.